The molecule has 0 radical (unpaired) electrons. The highest BCUT2D eigenvalue weighted by atomic mass is 35.5. The first kappa shape index (κ1) is 15.1. The molecule has 0 saturated carbocycles. The number of aliphatic hydroxyl groups is 1. The average Bonchev–Trinajstić information content (AvgIpc) is 2.52. The number of hydrogen-bond acceptors (Lipinski definition) is 5. The molecule has 0 bridgehead atoms. The van der Waals surface area contributed by atoms with Gasteiger partial charge in [0.05, 0.1) is 13.7 Å². The Morgan fingerprint density at radius 3 is 2.86 bits per heavy atom. The normalized spacial score (nSPS) is 10.0. The highest BCUT2D eigenvalue weighted by Gasteiger charge is 2.12. The fourth-order valence-electron chi connectivity index (χ4n) is 1.84. The van der Waals surface area contributed by atoms with E-state index in [1.54, 1.807) is 30.5 Å². The van der Waals surface area contributed by atoms with Crippen molar-refractivity contribution in [2.45, 2.75) is 13.2 Å². The molecule has 0 fully saturated rings. The average molecular weight is 305 g/mol. The quantitative estimate of drug-likeness (QED) is 0.919. The van der Waals surface area contributed by atoms with Crippen LogP contribution in [0.15, 0.2) is 30.5 Å². The van der Waals surface area contributed by atoms with Crippen LogP contribution in [-0.4, -0.2) is 17.2 Å². The van der Waals surface area contributed by atoms with Crippen LogP contribution < -0.4 is 9.47 Å². The van der Waals surface area contributed by atoms with E-state index < -0.39 is 0 Å². The van der Waals surface area contributed by atoms with Gasteiger partial charge in [0.1, 0.15) is 18.4 Å². The second-order valence-corrected chi connectivity index (χ2v) is 4.64. The number of aromatic nitrogens is 1. The van der Waals surface area contributed by atoms with Crippen molar-refractivity contribution in [1.82, 2.24) is 4.98 Å². The standard InChI is InChI=1S/C15H13ClN2O3/c1-20-14-6-12(16)5-11(8-19)15(14)21-9-10-2-3-18-13(4-10)7-17/h2-6,19H,8-9H2,1H3. The summed E-state index contributed by atoms with van der Waals surface area (Å²) in [4.78, 5) is 3.89. The summed E-state index contributed by atoms with van der Waals surface area (Å²) in [6, 6.07) is 8.59. The van der Waals surface area contributed by atoms with E-state index in [1.807, 2.05) is 6.07 Å². The lowest BCUT2D eigenvalue weighted by molar-refractivity contribution is 0.250. The summed E-state index contributed by atoms with van der Waals surface area (Å²) in [5.74, 6) is 0.876. The molecule has 0 aliphatic heterocycles. The molecule has 0 aliphatic carbocycles. The third-order valence-corrected chi connectivity index (χ3v) is 3.03. The van der Waals surface area contributed by atoms with Crippen LogP contribution in [-0.2, 0) is 13.2 Å². The molecule has 6 heteroatoms. The number of hydrogen-bond donors (Lipinski definition) is 1. The third-order valence-electron chi connectivity index (χ3n) is 2.81. The molecule has 0 unspecified atom stereocenters. The zero-order valence-electron chi connectivity index (χ0n) is 11.3. The number of benzene rings is 1. The second kappa shape index (κ2) is 6.93. The molecule has 0 atom stereocenters. The van der Waals surface area contributed by atoms with Crippen molar-refractivity contribution in [3.63, 3.8) is 0 Å². The van der Waals surface area contributed by atoms with Crippen molar-refractivity contribution in [3.8, 4) is 17.6 Å². The van der Waals surface area contributed by atoms with E-state index >= 15 is 0 Å². The van der Waals surface area contributed by atoms with Crippen LogP contribution in [0.1, 0.15) is 16.8 Å². The fourth-order valence-corrected chi connectivity index (χ4v) is 2.07. The molecule has 5 nitrogen and oxygen atoms in total. The van der Waals surface area contributed by atoms with E-state index in [-0.39, 0.29) is 13.2 Å². The molecule has 1 N–H and O–H groups in total. The molecule has 0 aliphatic rings. The Hall–Kier alpha value is -2.29. The zero-order valence-corrected chi connectivity index (χ0v) is 12.1. The van der Waals surface area contributed by atoms with E-state index in [4.69, 9.17) is 26.3 Å². The fraction of sp³-hybridized carbons (Fsp3) is 0.200. The molecular formula is C15H13ClN2O3. The van der Waals surface area contributed by atoms with Gasteiger partial charge >= 0.3 is 0 Å². The molecule has 1 aromatic carbocycles. The maximum atomic E-state index is 9.39. The highest BCUT2D eigenvalue weighted by Crippen LogP contribution is 2.35. The first-order valence-electron chi connectivity index (χ1n) is 6.13. The Labute approximate surface area is 127 Å². The predicted molar refractivity (Wildman–Crippen MR) is 77.2 cm³/mol. The summed E-state index contributed by atoms with van der Waals surface area (Å²) in [5.41, 5.74) is 1.65. The van der Waals surface area contributed by atoms with Crippen LogP contribution in [0.3, 0.4) is 0 Å². The van der Waals surface area contributed by atoms with Crippen LogP contribution in [0, 0.1) is 11.3 Å². The van der Waals surface area contributed by atoms with E-state index in [0.29, 0.717) is 27.8 Å². The van der Waals surface area contributed by atoms with Gasteiger partial charge in [0.15, 0.2) is 11.5 Å². The first-order valence-corrected chi connectivity index (χ1v) is 6.50. The van der Waals surface area contributed by atoms with Crippen LogP contribution in [0.5, 0.6) is 11.5 Å². The lowest BCUT2D eigenvalue weighted by Gasteiger charge is -2.14. The second-order valence-electron chi connectivity index (χ2n) is 4.20. The van der Waals surface area contributed by atoms with Crippen molar-refractivity contribution in [2.75, 3.05) is 7.11 Å². The molecule has 21 heavy (non-hydrogen) atoms. The van der Waals surface area contributed by atoms with Gasteiger partial charge in [0.2, 0.25) is 0 Å². The molecule has 2 rings (SSSR count). The van der Waals surface area contributed by atoms with Crippen molar-refractivity contribution in [1.29, 1.82) is 5.26 Å². The van der Waals surface area contributed by atoms with Gasteiger partial charge in [-0.25, -0.2) is 4.98 Å². The summed E-state index contributed by atoms with van der Waals surface area (Å²) in [6.45, 7) is 0.00817. The number of methoxy groups -OCH3 is 1. The minimum absolute atomic E-state index is 0.216. The molecule has 0 saturated heterocycles. The minimum atomic E-state index is -0.216. The van der Waals surface area contributed by atoms with Gasteiger partial charge in [-0.2, -0.15) is 5.26 Å². The highest BCUT2D eigenvalue weighted by molar-refractivity contribution is 6.30. The van der Waals surface area contributed by atoms with E-state index in [0.717, 1.165) is 5.56 Å². The van der Waals surface area contributed by atoms with E-state index in [1.165, 1.54) is 7.11 Å². The molecule has 108 valence electrons. The Balaban J connectivity index is 2.25. The van der Waals surface area contributed by atoms with Crippen molar-refractivity contribution >= 4 is 11.6 Å². The van der Waals surface area contributed by atoms with Crippen molar-refractivity contribution < 1.29 is 14.6 Å². The molecule has 2 aromatic rings. The Bertz CT molecular complexity index is 658. The van der Waals surface area contributed by atoms with E-state index in [9.17, 15) is 5.11 Å². The number of halogens is 1. The predicted octanol–water partition coefficient (Wildman–Crippen LogP) is 2.69. The van der Waals surface area contributed by atoms with Gasteiger partial charge in [0, 0.05) is 22.8 Å². The number of ether oxygens (including phenoxy) is 2. The van der Waals surface area contributed by atoms with Gasteiger partial charge in [-0.1, -0.05) is 11.6 Å². The maximum absolute atomic E-state index is 9.39. The van der Waals surface area contributed by atoms with Gasteiger partial charge in [-0.3, -0.25) is 0 Å². The number of pyridine rings is 1. The van der Waals surface area contributed by atoms with Gasteiger partial charge in [0.25, 0.3) is 0 Å². The first-order chi connectivity index (χ1) is 10.2. The van der Waals surface area contributed by atoms with Crippen molar-refractivity contribution in [3.05, 3.63) is 52.3 Å². The Kier molecular flexibility index (Phi) is 4.99. The summed E-state index contributed by atoms with van der Waals surface area (Å²) in [6.07, 6.45) is 1.54. The van der Waals surface area contributed by atoms with Gasteiger partial charge in [-0.05, 0) is 23.8 Å². The Morgan fingerprint density at radius 1 is 1.38 bits per heavy atom. The molecule has 0 spiro atoms. The number of rotatable bonds is 5. The van der Waals surface area contributed by atoms with Gasteiger partial charge in [-0.15, -0.1) is 0 Å². The lowest BCUT2D eigenvalue weighted by Crippen LogP contribution is -2.02. The number of aliphatic hydroxyl groups excluding tert-OH is 1. The van der Waals surface area contributed by atoms with Crippen molar-refractivity contribution in [2.24, 2.45) is 0 Å². The monoisotopic (exact) mass is 304 g/mol. The smallest absolute Gasteiger partial charge is 0.167 e. The summed E-state index contributed by atoms with van der Waals surface area (Å²) >= 11 is 5.95. The minimum Gasteiger partial charge on any atom is -0.493 e. The molecule has 1 aromatic heterocycles. The molecular weight excluding hydrogens is 292 g/mol. The Morgan fingerprint density at radius 2 is 2.19 bits per heavy atom. The number of nitrogens with zero attached hydrogens (tertiary/aromatic N) is 2. The van der Waals surface area contributed by atoms with Gasteiger partial charge < -0.3 is 14.6 Å². The zero-order chi connectivity index (χ0) is 15.2. The van der Waals surface area contributed by atoms with Crippen LogP contribution in [0.2, 0.25) is 5.02 Å². The topological polar surface area (TPSA) is 75.4 Å². The van der Waals surface area contributed by atoms with Crippen LogP contribution in [0.25, 0.3) is 0 Å². The third kappa shape index (κ3) is 3.63. The SMILES string of the molecule is COc1cc(Cl)cc(CO)c1OCc1ccnc(C#N)c1. The molecule has 0 amide bonds. The summed E-state index contributed by atoms with van der Waals surface area (Å²) in [5, 5.41) is 18.7. The summed E-state index contributed by atoms with van der Waals surface area (Å²) < 4.78 is 10.9. The summed E-state index contributed by atoms with van der Waals surface area (Å²) in [7, 11) is 1.50. The van der Waals surface area contributed by atoms with E-state index in [2.05, 4.69) is 4.98 Å². The number of nitriles is 1. The van der Waals surface area contributed by atoms with Crippen LogP contribution >= 0.6 is 11.6 Å². The maximum Gasteiger partial charge on any atom is 0.167 e. The lowest BCUT2D eigenvalue weighted by atomic mass is 10.2. The molecule has 1 heterocycles. The van der Waals surface area contributed by atoms with Crippen LogP contribution in [0.4, 0.5) is 0 Å². The largest absolute Gasteiger partial charge is 0.493 e.